The first kappa shape index (κ1) is 11.2. The minimum absolute atomic E-state index is 0.260. The smallest absolute Gasteiger partial charge is 0.271 e. The molecule has 0 bridgehead atoms. The number of hydrogen-bond donors (Lipinski definition) is 3. The highest BCUT2D eigenvalue weighted by Crippen LogP contribution is 2.04. The van der Waals surface area contributed by atoms with Crippen LogP contribution < -0.4 is 11.1 Å². The van der Waals surface area contributed by atoms with Gasteiger partial charge >= 0.3 is 0 Å². The fourth-order valence-corrected chi connectivity index (χ4v) is 1.44. The Kier molecular flexibility index (Phi) is 3.08. The van der Waals surface area contributed by atoms with E-state index in [-0.39, 0.29) is 5.91 Å². The second-order valence-electron chi connectivity index (χ2n) is 3.74. The average Bonchev–Trinajstić information content (AvgIpc) is 2.87. The topological polar surface area (TPSA) is 102 Å². The Labute approximate surface area is 98.0 Å². The Morgan fingerprint density at radius 1 is 1.59 bits per heavy atom. The minimum Gasteiger partial charge on any atom is -0.396 e. The fraction of sp³-hybridized carbons (Fsp3) is 0.300. The Balaban J connectivity index is 1.83. The molecule has 7 nitrogen and oxygen atoms in total. The minimum atomic E-state index is -0.260. The number of H-pyrrole nitrogens is 1. The van der Waals surface area contributed by atoms with Gasteiger partial charge in [0.2, 0.25) is 0 Å². The molecule has 0 fully saturated rings. The molecular weight excluding hydrogens is 220 g/mol. The Hall–Kier alpha value is -2.31. The third-order valence-corrected chi connectivity index (χ3v) is 2.28. The van der Waals surface area contributed by atoms with E-state index in [9.17, 15) is 4.79 Å². The number of amides is 1. The summed E-state index contributed by atoms with van der Waals surface area (Å²) in [5.74, 6) is -0.260. The average molecular weight is 234 g/mol. The van der Waals surface area contributed by atoms with Crippen LogP contribution in [0, 0.1) is 6.92 Å². The molecule has 7 heteroatoms. The lowest BCUT2D eigenvalue weighted by Gasteiger charge is -2.04. The van der Waals surface area contributed by atoms with Crippen LogP contribution in [0.3, 0.4) is 0 Å². The molecule has 2 heterocycles. The Morgan fingerprint density at radius 3 is 3.00 bits per heavy atom. The number of aromatic nitrogens is 4. The monoisotopic (exact) mass is 234 g/mol. The number of anilines is 1. The lowest BCUT2D eigenvalue weighted by atomic mass is 10.3. The number of nitrogens with two attached hydrogens (primary N) is 1. The number of hydrogen-bond acceptors (Lipinski definition) is 4. The van der Waals surface area contributed by atoms with Crippen LogP contribution in [0.1, 0.15) is 16.1 Å². The van der Waals surface area contributed by atoms with Crippen LogP contribution in [0.25, 0.3) is 0 Å². The van der Waals surface area contributed by atoms with Crippen molar-refractivity contribution in [3.8, 4) is 0 Å². The Morgan fingerprint density at radius 2 is 2.41 bits per heavy atom. The van der Waals surface area contributed by atoms with Gasteiger partial charge in [0.1, 0.15) is 5.69 Å². The van der Waals surface area contributed by atoms with Crippen molar-refractivity contribution in [2.75, 3.05) is 12.3 Å². The molecule has 0 aliphatic carbocycles. The van der Waals surface area contributed by atoms with Crippen molar-refractivity contribution in [2.45, 2.75) is 13.5 Å². The highest BCUT2D eigenvalue weighted by atomic mass is 16.1. The maximum absolute atomic E-state index is 11.6. The number of aryl methyl sites for hydroxylation is 1. The number of carbonyl (C=O) groups excluding carboxylic acids is 1. The summed E-state index contributed by atoms with van der Waals surface area (Å²) in [5.41, 5.74) is 7.29. The second kappa shape index (κ2) is 4.69. The molecule has 0 spiro atoms. The maximum Gasteiger partial charge on any atom is 0.271 e. The number of nitrogen functional groups attached to an aromatic ring is 1. The lowest BCUT2D eigenvalue weighted by molar-refractivity contribution is 0.0948. The zero-order valence-electron chi connectivity index (χ0n) is 9.47. The van der Waals surface area contributed by atoms with E-state index in [0.29, 0.717) is 24.5 Å². The summed E-state index contributed by atoms with van der Waals surface area (Å²) in [6.45, 7) is 3.07. The van der Waals surface area contributed by atoms with Crippen LogP contribution in [-0.2, 0) is 6.54 Å². The quantitative estimate of drug-likeness (QED) is 0.689. The van der Waals surface area contributed by atoms with Crippen LogP contribution in [0.4, 0.5) is 5.69 Å². The van der Waals surface area contributed by atoms with Crippen molar-refractivity contribution in [1.82, 2.24) is 25.3 Å². The van der Waals surface area contributed by atoms with E-state index in [2.05, 4.69) is 20.6 Å². The molecule has 0 saturated carbocycles. The molecule has 0 aromatic carbocycles. The summed E-state index contributed by atoms with van der Waals surface area (Å²) in [7, 11) is 0. The molecule has 1 amide bonds. The fourth-order valence-electron chi connectivity index (χ4n) is 1.44. The number of nitrogens with one attached hydrogen (secondary N) is 2. The first-order valence-corrected chi connectivity index (χ1v) is 5.23. The van der Waals surface area contributed by atoms with Crippen LogP contribution in [-0.4, -0.2) is 32.4 Å². The molecular formula is C10H14N6O. The highest BCUT2D eigenvalue weighted by Gasteiger charge is 2.10. The van der Waals surface area contributed by atoms with Gasteiger partial charge in [-0.3, -0.25) is 14.6 Å². The molecule has 0 aliphatic heterocycles. The normalized spacial score (nSPS) is 10.4. The molecule has 90 valence electrons. The molecule has 2 aromatic heterocycles. The SMILES string of the molecule is Cc1cnn(CCNC(=O)c2[nH]ncc2N)c1. The van der Waals surface area contributed by atoms with Gasteiger partial charge in [-0.1, -0.05) is 0 Å². The van der Waals surface area contributed by atoms with Crippen molar-refractivity contribution in [2.24, 2.45) is 0 Å². The van der Waals surface area contributed by atoms with Crippen LogP contribution >= 0.6 is 0 Å². The zero-order chi connectivity index (χ0) is 12.3. The van der Waals surface area contributed by atoms with Crippen molar-refractivity contribution in [3.63, 3.8) is 0 Å². The molecule has 17 heavy (non-hydrogen) atoms. The molecule has 0 atom stereocenters. The van der Waals surface area contributed by atoms with Gasteiger partial charge in [-0.05, 0) is 12.5 Å². The number of aromatic amines is 1. The predicted molar refractivity (Wildman–Crippen MR) is 62.3 cm³/mol. The molecule has 4 N–H and O–H groups in total. The van der Waals surface area contributed by atoms with E-state index in [4.69, 9.17) is 5.73 Å². The van der Waals surface area contributed by atoms with E-state index in [1.165, 1.54) is 6.20 Å². The maximum atomic E-state index is 11.6. The first-order chi connectivity index (χ1) is 8.16. The molecule has 0 saturated heterocycles. The largest absolute Gasteiger partial charge is 0.396 e. The van der Waals surface area contributed by atoms with E-state index in [1.54, 1.807) is 10.9 Å². The number of carbonyl (C=O) groups is 1. The van der Waals surface area contributed by atoms with Gasteiger partial charge in [-0.25, -0.2) is 0 Å². The molecule has 0 radical (unpaired) electrons. The van der Waals surface area contributed by atoms with E-state index in [0.717, 1.165) is 5.56 Å². The third kappa shape index (κ3) is 2.63. The van der Waals surface area contributed by atoms with Crippen LogP contribution in [0.15, 0.2) is 18.6 Å². The van der Waals surface area contributed by atoms with Crippen LogP contribution in [0.5, 0.6) is 0 Å². The third-order valence-electron chi connectivity index (χ3n) is 2.28. The lowest BCUT2D eigenvalue weighted by Crippen LogP contribution is -2.28. The van der Waals surface area contributed by atoms with Gasteiger partial charge in [0.15, 0.2) is 0 Å². The van der Waals surface area contributed by atoms with Gasteiger partial charge in [0.05, 0.1) is 24.6 Å². The molecule has 0 aliphatic rings. The predicted octanol–water partition coefficient (Wildman–Crippen LogP) is -0.0732. The molecule has 2 aromatic rings. The van der Waals surface area contributed by atoms with Crippen LogP contribution in [0.2, 0.25) is 0 Å². The summed E-state index contributed by atoms with van der Waals surface area (Å²) in [5, 5.41) is 13.1. The Bertz CT molecular complexity index is 514. The summed E-state index contributed by atoms with van der Waals surface area (Å²) < 4.78 is 1.77. The summed E-state index contributed by atoms with van der Waals surface area (Å²) >= 11 is 0. The number of nitrogens with zero attached hydrogens (tertiary/aromatic N) is 3. The van der Waals surface area contributed by atoms with Gasteiger partial charge in [-0.2, -0.15) is 10.2 Å². The van der Waals surface area contributed by atoms with Crippen molar-refractivity contribution in [1.29, 1.82) is 0 Å². The number of rotatable bonds is 4. The first-order valence-electron chi connectivity index (χ1n) is 5.23. The van der Waals surface area contributed by atoms with Gasteiger partial charge in [0, 0.05) is 12.7 Å². The van der Waals surface area contributed by atoms with E-state index < -0.39 is 0 Å². The van der Waals surface area contributed by atoms with E-state index in [1.807, 2.05) is 13.1 Å². The van der Waals surface area contributed by atoms with Gasteiger partial charge < -0.3 is 11.1 Å². The van der Waals surface area contributed by atoms with Gasteiger partial charge in [-0.15, -0.1) is 0 Å². The summed E-state index contributed by atoms with van der Waals surface area (Å²) in [6, 6.07) is 0. The molecule has 0 unspecified atom stereocenters. The highest BCUT2D eigenvalue weighted by molar-refractivity contribution is 5.96. The zero-order valence-corrected chi connectivity index (χ0v) is 9.47. The van der Waals surface area contributed by atoms with Crippen molar-refractivity contribution < 1.29 is 4.79 Å². The van der Waals surface area contributed by atoms with Crippen molar-refractivity contribution >= 4 is 11.6 Å². The standard InChI is InChI=1S/C10H14N6O/c1-7-4-14-16(6-7)3-2-12-10(17)9-8(11)5-13-15-9/h4-6H,2-3,11H2,1H3,(H,12,17)(H,13,15). The second-order valence-corrected chi connectivity index (χ2v) is 3.74. The van der Waals surface area contributed by atoms with Crippen molar-refractivity contribution in [3.05, 3.63) is 29.8 Å². The van der Waals surface area contributed by atoms with E-state index >= 15 is 0 Å². The molecule has 2 rings (SSSR count). The summed E-state index contributed by atoms with van der Waals surface area (Å²) in [4.78, 5) is 11.6. The summed E-state index contributed by atoms with van der Waals surface area (Å²) in [6.07, 6.45) is 5.09. The van der Waals surface area contributed by atoms with Gasteiger partial charge in [0.25, 0.3) is 5.91 Å².